The SMILES string of the molecule is Cc1ccc2nc(N3CCCC(O)C3)c(CN3CCc4[nH]ncc4C3)cc2c1. The molecule has 2 aromatic heterocycles. The standard InChI is InChI=1S/C22H27N5O/c1-15-4-5-20-16(9-15)10-17(22(24-20)27-7-2-3-19(28)14-27)12-26-8-6-21-18(13-26)11-23-25-21/h4-5,9-11,19,28H,2-3,6-8,12-14H2,1H3,(H,23,25). The Morgan fingerprint density at radius 3 is 3.07 bits per heavy atom. The van der Waals surface area contributed by atoms with E-state index in [1.807, 2.05) is 6.20 Å². The van der Waals surface area contributed by atoms with E-state index in [-0.39, 0.29) is 6.10 Å². The molecule has 28 heavy (non-hydrogen) atoms. The highest BCUT2D eigenvalue weighted by Crippen LogP contribution is 2.29. The molecule has 2 N–H and O–H groups in total. The van der Waals surface area contributed by atoms with Gasteiger partial charge >= 0.3 is 0 Å². The lowest BCUT2D eigenvalue weighted by Gasteiger charge is -2.34. The van der Waals surface area contributed by atoms with Crippen LogP contribution in [-0.2, 0) is 19.5 Å². The molecule has 1 saturated heterocycles. The summed E-state index contributed by atoms with van der Waals surface area (Å²) in [5, 5.41) is 18.7. The monoisotopic (exact) mass is 377 g/mol. The van der Waals surface area contributed by atoms with Gasteiger partial charge < -0.3 is 10.0 Å². The number of piperidine rings is 1. The van der Waals surface area contributed by atoms with Crippen LogP contribution in [0.4, 0.5) is 5.82 Å². The lowest BCUT2D eigenvalue weighted by Crippen LogP contribution is -2.40. The molecule has 2 aliphatic heterocycles. The van der Waals surface area contributed by atoms with Gasteiger partial charge in [0, 0.05) is 61.4 Å². The van der Waals surface area contributed by atoms with E-state index in [4.69, 9.17) is 4.98 Å². The second-order valence-corrected chi connectivity index (χ2v) is 8.24. The van der Waals surface area contributed by atoms with Crippen LogP contribution in [0.1, 0.15) is 35.2 Å². The van der Waals surface area contributed by atoms with Gasteiger partial charge in [0.2, 0.25) is 0 Å². The number of nitrogens with one attached hydrogen (secondary N) is 1. The van der Waals surface area contributed by atoms with Gasteiger partial charge in [-0.15, -0.1) is 0 Å². The van der Waals surface area contributed by atoms with Crippen LogP contribution in [-0.4, -0.2) is 50.9 Å². The highest BCUT2D eigenvalue weighted by atomic mass is 16.3. The van der Waals surface area contributed by atoms with Crippen molar-refractivity contribution in [2.75, 3.05) is 24.5 Å². The molecular formula is C22H27N5O. The summed E-state index contributed by atoms with van der Waals surface area (Å²) in [6, 6.07) is 8.74. The number of aromatic amines is 1. The molecule has 4 heterocycles. The van der Waals surface area contributed by atoms with Crippen LogP contribution in [0.15, 0.2) is 30.5 Å². The molecule has 1 atom stereocenters. The van der Waals surface area contributed by atoms with Crippen molar-refractivity contribution in [2.45, 2.75) is 45.4 Å². The zero-order valence-corrected chi connectivity index (χ0v) is 16.4. The average molecular weight is 377 g/mol. The number of pyridine rings is 1. The molecule has 0 amide bonds. The number of hydrogen-bond acceptors (Lipinski definition) is 5. The zero-order chi connectivity index (χ0) is 19.1. The maximum absolute atomic E-state index is 10.2. The lowest BCUT2D eigenvalue weighted by molar-refractivity contribution is 0.153. The Kier molecular flexibility index (Phi) is 4.53. The summed E-state index contributed by atoms with van der Waals surface area (Å²) in [6.45, 7) is 6.55. The summed E-state index contributed by atoms with van der Waals surface area (Å²) in [6.07, 6.45) is 4.59. The third-order valence-electron chi connectivity index (χ3n) is 6.00. The number of aryl methyl sites for hydroxylation is 1. The van der Waals surface area contributed by atoms with Gasteiger partial charge in [-0.2, -0.15) is 5.10 Å². The quantitative estimate of drug-likeness (QED) is 0.735. The Morgan fingerprint density at radius 1 is 1.25 bits per heavy atom. The van der Waals surface area contributed by atoms with Crippen LogP contribution in [0.5, 0.6) is 0 Å². The van der Waals surface area contributed by atoms with Gasteiger partial charge in [0.1, 0.15) is 5.82 Å². The van der Waals surface area contributed by atoms with Crippen molar-refractivity contribution in [1.82, 2.24) is 20.1 Å². The third kappa shape index (κ3) is 3.38. The number of aromatic nitrogens is 3. The summed E-state index contributed by atoms with van der Waals surface area (Å²) in [5.74, 6) is 1.04. The highest BCUT2D eigenvalue weighted by Gasteiger charge is 2.24. The minimum absolute atomic E-state index is 0.263. The largest absolute Gasteiger partial charge is 0.391 e. The van der Waals surface area contributed by atoms with Gasteiger partial charge in [-0.1, -0.05) is 11.6 Å². The van der Waals surface area contributed by atoms with Crippen molar-refractivity contribution in [3.63, 3.8) is 0 Å². The van der Waals surface area contributed by atoms with Crippen LogP contribution >= 0.6 is 0 Å². The highest BCUT2D eigenvalue weighted by molar-refractivity contribution is 5.82. The number of aliphatic hydroxyl groups excluding tert-OH is 1. The Hall–Kier alpha value is -2.44. The summed E-state index contributed by atoms with van der Waals surface area (Å²) in [4.78, 5) is 9.79. The fourth-order valence-electron chi connectivity index (χ4n) is 4.52. The Balaban J connectivity index is 1.50. The topological polar surface area (TPSA) is 68.3 Å². The van der Waals surface area contributed by atoms with E-state index in [0.717, 1.165) is 56.8 Å². The Bertz CT molecular complexity index is 998. The average Bonchev–Trinajstić information content (AvgIpc) is 3.15. The van der Waals surface area contributed by atoms with E-state index < -0.39 is 0 Å². The van der Waals surface area contributed by atoms with Crippen LogP contribution in [0.3, 0.4) is 0 Å². The number of rotatable bonds is 3. The molecule has 146 valence electrons. The predicted molar refractivity (Wildman–Crippen MR) is 110 cm³/mol. The van der Waals surface area contributed by atoms with E-state index in [9.17, 15) is 5.11 Å². The molecular weight excluding hydrogens is 350 g/mol. The smallest absolute Gasteiger partial charge is 0.133 e. The van der Waals surface area contributed by atoms with E-state index in [1.165, 1.54) is 27.8 Å². The van der Waals surface area contributed by atoms with E-state index in [2.05, 4.69) is 51.2 Å². The summed E-state index contributed by atoms with van der Waals surface area (Å²) >= 11 is 0. The van der Waals surface area contributed by atoms with Crippen LogP contribution in [0, 0.1) is 6.92 Å². The van der Waals surface area contributed by atoms with Gasteiger partial charge in [-0.3, -0.25) is 10.00 Å². The molecule has 0 saturated carbocycles. The zero-order valence-electron chi connectivity index (χ0n) is 16.4. The second kappa shape index (κ2) is 7.18. The molecule has 6 heteroatoms. The fraction of sp³-hybridized carbons (Fsp3) is 0.455. The van der Waals surface area contributed by atoms with Gasteiger partial charge in [-0.25, -0.2) is 4.98 Å². The molecule has 3 aromatic rings. The number of hydrogen-bond donors (Lipinski definition) is 2. The minimum Gasteiger partial charge on any atom is -0.391 e. The molecule has 0 spiro atoms. The number of H-pyrrole nitrogens is 1. The number of benzene rings is 1. The summed E-state index contributed by atoms with van der Waals surface area (Å²) in [7, 11) is 0. The van der Waals surface area contributed by atoms with Crippen LogP contribution in [0.25, 0.3) is 10.9 Å². The van der Waals surface area contributed by atoms with Crippen molar-refractivity contribution in [1.29, 1.82) is 0 Å². The van der Waals surface area contributed by atoms with Gasteiger partial charge in [0.05, 0.1) is 17.8 Å². The molecule has 0 radical (unpaired) electrons. The van der Waals surface area contributed by atoms with E-state index in [0.29, 0.717) is 6.54 Å². The van der Waals surface area contributed by atoms with E-state index >= 15 is 0 Å². The molecule has 6 nitrogen and oxygen atoms in total. The molecule has 0 aliphatic carbocycles. The van der Waals surface area contributed by atoms with Crippen molar-refractivity contribution < 1.29 is 5.11 Å². The first-order valence-corrected chi connectivity index (χ1v) is 10.2. The molecule has 1 unspecified atom stereocenters. The minimum atomic E-state index is -0.263. The molecule has 1 aromatic carbocycles. The maximum Gasteiger partial charge on any atom is 0.133 e. The Labute approximate surface area is 165 Å². The first-order valence-electron chi connectivity index (χ1n) is 10.2. The number of β-amino-alcohol motifs (C(OH)–C–C–N with tert-alkyl or cyclic N) is 1. The fourth-order valence-corrected chi connectivity index (χ4v) is 4.52. The first kappa shape index (κ1) is 17.6. The maximum atomic E-state index is 10.2. The lowest BCUT2D eigenvalue weighted by atomic mass is 10.0. The third-order valence-corrected chi connectivity index (χ3v) is 6.00. The number of fused-ring (bicyclic) bond motifs is 2. The van der Waals surface area contributed by atoms with Crippen molar-refractivity contribution in [3.05, 3.63) is 52.8 Å². The number of nitrogens with zero attached hydrogens (tertiary/aromatic N) is 4. The summed E-state index contributed by atoms with van der Waals surface area (Å²) in [5.41, 5.74) is 6.09. The molecule has 2 aliphatic rings. The number of aliphatic hydroxyl groups is 1. The predicted octanol–water partition coefficient (Wildman–Crippen LogP) is 2.79. The van der Waals surface area contributed by atoms with Crippen LogP contribution in [0.2, 0.25) is 0 Å². The molecule has 1 fully saturated rings. The Morgan fingerprint density at radius 2 is 2.18 bits per heavy atom. The second-order valence-electron chi connectivity index (χ2n) is 8.24. The van der Waals surface area contributed by atoms with E-state index in [1.54, 1.807) is 0 Å². The van der Waals surface area contributed by atoms with Gasteiger partial charge in [0.25, 0.3) is 0 Å². The van der Waals surface area contributed by atoms with Crippen LogP contribution < -0.4 is 4.90 Å². The first-order chi connectivity index (χ1) is 13.7. The van der Waals surface area contributed by atoms with Crippen molar-refractivity contribution in [2.24, 2.45) is 0 Å². The van der Waals surface area contributed by atoms with Gasteiger partial charge in [-0.05, 0) is 38.0 Å². The normalized spacial score (nSPS) is 20.5. The molecule has 0 bridgehead atoms. The van der Waals surface area contributed by atoms with Crippen molar-refractivity contribution in [3.8, 4) is 0 Å². The van der Waals surface area contributed by atoms with Gasteiger partial charge in [0.15, 0.2) is 0 Å². The molecule has 5 rings (SSSR count). The summed E-state index contributed by atoms with van der Waals surface area (Å²) < 4.78 is 0. The number of anilines is 1. The van der Waals surface area contributed by atoms with Crippen molar-refractivity contribution >= 4 is 16.7 Å².